The average molecular weight is 208 g/mol. The van der Waals surface area contributed by atoms with Gasteiger partial charge in [-0.2, -0.15) is 0 Å². The molecule has 2 rings (SSSR count). The largest absolute Gasteiger partial charge is 0.409 e. The first-order valence-electron chi connectivity index (χ1n) is 4.49. The molecule has 1 aromatic rings. The molecule has 1 N–H and O–H groups in total. The lowest BCUT2D eigenvalue weighted by molar-refractivity contribution is 0.317. The van der Waals surface area contributed by atoms with E-state index >= 15 is 0 Å². The molecular weight excluding hydrogens is 196 g/mol. The molecule has 0 unspecified atom stereocenters. The summed E-state index contributed by atoms with van der Waals surface area (Å²) in [7, 11) is 1.93. The highest BCUT2D eigenvalue weighted by molar-refractivity contribution is 7.99. The van der Waals surface area contributed by atoms with Crippen LogP contribution >= 0.6 is 11.8 Å². The van der Waals surface area contributed by atoms with Crippen molar-refractivity contribution < 1.29 is 5.21 Å². The Labute approximate surface area is 87.4 Å². The molecule has 3 nitrogen and oxygen atoms in total. The van der Waals surface area contributed by atoms with Gasteiger partial charge in [-0.25, -0.2) is 0 Å². The Morgan fingerprint density at radius 2 is 2.21 bits per heavy atom. The van der Waals surface area contributed by atoms with E-state index < -0.39 is 0 Å². The molecule has 74 valence electrons. The summed E-state index contributed by atoms with van der Waals surface area (Å²) >= 11 is 1.80. The topological polar surface area (TPSA) is 35.8 Å². The third-order valence-corrected chi connectivity index (χ3v) is 3.38. The number of nitrogens with zero attached hydrogens (tertiary/aromatic N) is 2. The maximum atomic E-state index is 8.85. The number of fused-ring (bicyclic) bond motifs is 1. The fourth-order valence-corrected chi connectivity index (χ4v) is 2.56. The summed E-state index contributed by atoms with van der Waals surface area (Å²) in [5.74, 6) is 1.68. The highest BCUT2D eigenvalue weighted by Gasteiger charge is 2.17. The Morgan fingerprint density at radius 1 is 1.43 bits per heavy atom. The van der Waals surface area contributed by atoms with E-state index in [0.717, 1.165) is 23.7 Å². The molecule has 0 bridgehead atoms. The van der Waals surface area contributed by atoms with Crippen LogP contribution in [0.25, 0.3) is 0 Å². The van der Waals surface area contributed by atoms with Gasteiger partial charge in [0.25, 0.3) is 0 Å². The first-order valence-corrected chi connectivity index (χ1v) is 5.48. The highest BCUT2D eigenvalue weighted by Crippen LogP contribution is 2.33. The van der Waals surface area contributed by atoms with E-state index in [4.69, 9.17) is 5.21 Å². The van der Waals surface area contributed by atoms with Crippen molar-refractivity contribution in [1.82, 2.24) is 0 Å². The lowest BCUT2D eigenvalue weighted by Gasteiger charge is -2.18. The molecule has 4 heteroatoms. The molecule has 0 saturated carbocycles. The Balaban J connectivity index is 2.45. The van der Waals surface area contributed by atoms with Crippen molar-refractivity contribution >= 4 is 23.3 Å². The van der Waals surface area contributed by atoms with Crippen molar-refractivity contribution in [3.05, 3.63) is 24.3 Å². The molecule has 0 atom stereocenters. The zero-order valence-electron chi connectivity index (χ0n) is 7.97. The van der Waals surface area contributed by atoms with Crippen LogP contribution in [-0.2, 0) is 0 Å². The minimum atomic E-state index is 0.724. The fourth-order valence-electron chi connectivity index (χ4n) is 1.53. The summed E-state index contributed by atoms with van der Waals surface area (Å²) in [5.41, 5.74) is 1.11. The molecule has 0 amide bonds. The SMILES string of the molecule is CN1C(=NO)CCSc2ccccc21. The molecule has 0 aromatic heterocycles. The summed E-state index contributed by atoms with van der Waals surface area (Å²) < 4.78 is 0. The normalized spacial score (nSPS) is 19.2. The van der Waals surface area contributed by atoms with E-state index in [0.29, 0.717) is 0 Å². The quantitative estimate of drug-likeness (QED) is 0.525. The Kier molecular flexibility index (Phi) is 2.63. The average Bonchev–Trinajstić information content (AvgIpc) is 2.39. The van der Waals surface area contributed by atoms with E-state index in [9.17, 15) is 0 Å². The summed E-state index contributed by atoms with van der Waals surface area (Å²) in [4.78, 5) is 3.18. The van der Waals surface area contributed by atoms with Crippen molar-refractivity contribution in [2.24, 2.45) is 5.16 Å². The fraction of sp³-hybridized carbons (Fsp3) is 0.300. The number of rotatable bonds is 0. The predicted octanol–water partition coefficient (Wildman–Crippen LogP) is 2.41. The standard InChI is InChI=1S/C10H12N2OS/c1-12-8-4-2-3-5-9(8)14-7-6-10(12)11-13/h2-5,13H,6-7H2,1H3. The van der Waals surface area contributed by atoms with E-state index in [1.165, 1.54) is 4.90 Å². The van der Waals surface area contributed by atoms with E-state index in [-0.39, 0.29) is 0 Å². The van der Waals surface area contributed by atoms with Crippen LogP contribution in [0.5, 0.6) is 0 Å². The number of anilines is 1. The van der Waals surface area contributed by atoms with Gasteiger partial charge in [-0.1, -0.05) is 17.3 Å². The summed E-state index contributed by atoms with van der Waals surface area (Å²) in [5, 5.41) is 12.2. The second kappa shape index (κ2) is 3.92. The van der Waals surface area contributed by atoms with Gasteiger partial charge >= 0.3 is 0 Å². The van der Waals surface area contributed by atoms with Gasteiger partial charge < -0.3 is 10.1 Å². The molecule has 1 aliphatic heterocycles. The number of hydrogen-bond donors (Lipinski definition) is 1. The van der Waals surface area contributed by atoms with Crippen molar-refractivity contribution in [3.8, 4) is 0 Å². The summed E-state index contributed by atoms with van der Waals surface area (Å²) in [6.45, 7) is 0. The van der Waals surface area contributed by atoms with Gasteiger partial charge in [0.05, 0.1) is 5.69 Å². The second-order valence-corrected chi connectivity index (χ2v) is 4.28. The van der Waals surface area contributed by atoms with Gasteiger partial charge in [-0.05, 0) is 12.1 Å². The first-order chi connectivity index (χ1) is 6.83. The molecule has 0 spiro atoms. The van der Waals surface area contributed by atoms with Crippen LogP contribution in [0.15, 0.2) is 34.3 Å². The molecule has 0 aliphatic carbocycles. The molecule has 14 heavy (non-hydrogen) atoms. The van der Waals surface area contributed by atoms with Gasteiger partial charge in [0, 0.05) is 24.1 Å². The Hall–Kier alpha value is -1.16. The first kappa shape index (κ1) is 9.40. The van der Waals surface area contributed by atoms with Gasteiger partial charge in [0.15, 0.2) is 0 Å². The minimum absolute atomic E-state index is 0.724. The number of hydrogen-bond acceptors (Lipinski definition) is 3. The molecule has 0 radical (unpaired) electrons. The molecule has 1 aromatic carbocycles. The molecule has 1 aliphatic rings. The van der Waals surface area contributed by atoms with Crippen molar-refractivity contribution in [2.75, 3.05) is 17.7 Å². The van der Waals surface area contributed by atoms with Crippen LogP contribution in [-0.4, -0.2) is 23.8 Å². The number of oxime groups is 1. The molecule has 1 heterocycles. The van der Waals surface area contributed by atoms with Gasteiger partial charge in [0.2, 0.25) is 0 Å². The lowest BCUT2D eigenvalue weighted by Crippen LogP contribution is -2.25. The molecule has 0 saturated heterocycles. The lowest BCUT2D eigenvalue weighted by atomic mass is 10.3. The Bertz CT molecular complexity index is 365. The minimum Gasteiger partial charge on any atom is -0.409 e. The zero-order valence-corrected chi connectivity index (χ0v) is 8.79. The number of benzene rings is 1. The van der Waals surface area contributed by atoms with Gasteiger partial charge in [-0.3, -0.25) is 0 Å². The van der Waals surface area contributed by atoms with Gasteiger partial charge in [0.1, 0.15) is 5.84 Å². The zero-order chi connectivity index (χ0) is 9.97. The smallest absolute Gasteiger partial charge is 0.149 e. The van der Waals surface area contributed by atoms with Crippen LogP contribution < -0.4 is 4.90 Å². The maximum Gasteiger partial charge on any atom is 0.149 e. The maximum absolute atomic E-state index is 8.85. The second-order valence-electron chi connectivity index (χ2n) is 3.14. The highest BCUT2D eigenvalue weighted by atomic mass is 32.2. The third kappa shape index (κ3) is 1.57. The Morgan fingerprint density at radius 3 is 3.00 bits per heavy atom. The van der Waals surface area contributed by atoms with E-state index in [2.05, 4.69) is 11.2 Å². The summed E-state index contributed by atoms with van der Waals surface area (Å²) in [6, 6.07) is 8.16. The van der Waals surface area contributed by atoms with Crippen LogP contribution in [0.2, 0.25) is 0 Å². The van der Waals surface area contributed by atoms with Crippen LogP contribution in [0, 0.1) is 0 Å². The van der Waals surface area contributed by atoms with Crippen molar-refractivity contribution in [3.63, 3.8) is 0 Å². The number of thioether (sulfide) groups is 1. The number of amidine groups is 1. The van der Waals surface area contributed by atoms with Crippen LogP contribution in [0.1, 0.15) is 6.42 Å². The van der Waals surface area contributed by atoms with Crippen LogP contribution in [0.4, 0.5) is 5.69 Å². The third-order valence-electron chi connectivity index (χ3n) is 2.31. The van der Waals surface area contributed by atoms with E-state index in [1.54, 1.807) is 11.8 Å². The number of para-hydroxylation sites is 1. The van der Waals surface area contributed by atoms with Crippen molar-refractivity contribution in [2.45, 2.75) is 11.3 Å². The summed E-state index contributed by atoms with van der Waals surface area (Å²) in [6.07, 6.45) is 0.798. The monoisotopic (exact) mass is 208 g/mol. The van der Waals surface area contributed by atoms with Crippen LogP contribution in [0.3, 0.4) is 0 Å². The molecule has 0 fully saturated rings. The molecular formula is C10H12N2OS. The predicted molar refractivity (Wildman–Crippen MR) is 59.4 cm³/mol. The van der Waals surface area contributed by atoms with Crippen molar-refractivity contribution in [1.29, 1.82) is 0 Å². The van der Waals surface area contributed by atoms with E-state index in [1.807, 2.05) is 30.1 Å². The van der Waals surface area contributed by atoms with Gasteiger partial charge in [-0.15, -0.1) is 11.8 Å².